The zero-order valence-corrected chi connectivity index (χ0v) is 11.8. The van der Waals surface area contributed by atoms with Gasteiger partial charge < -0.3 is 14.8 Å². The highest BCUT2D eigenvalue weighted by Gasteiger charge is 2.26. The Bertz CT molecular complexity index is 446. The minimum absolute atomic E-state index is 0.351. The van der Waals surface area contributed by atoms with E-state index in [1.165, 1.54) is 24.8 Å². The molecule has 1 aliphatic heterocycles. The van der Waals surface area contributed by atoms with Crippen LogP contribution in [-0.2, 0) is 6.54 Å². The summed E-state index contributed by atoms with van der Waals surface area (Å²) in [5, 5.41) is 3.71. The number of nitrogens with one attached hydrogen (secondary N) is 1. The molecule has 1 heterocycles. The molecular weight excluding hydrogens is 238 g/mol. The number of rotatable bonds is 3. The Morgan fingerprint density at radius 3 is 2.89 bits per heavy atom. The molecule has 0 radical (unpaired) electrons. The van der Waals surface area contributed by atoms with E-state index < -0.39 is 0 Å². The Hall–Kier alpha value is -1.22. The predicted molar refractivity (Wildman–Crippen MR) is 75.4 cm³/mol. The molecule has 0 unspecified atom stereocenters. The predicted octanol–water partition coefficient (Wildman–Crippen LogP) is 3.33. The summed E-state index contributed by atoms with van der Waals surface area (Å²) in [4.78, 5) is 0. The molecule has 3 atom stereocenters. The molecule has 3 nitrogen and oxygen atoms in total. The first-order chi connectivity index (χ1) is 9.24. The van der Waals surface area contributed by atoms with Crippen molar-refractivity contribution in [2.75, 3.05) is 6.79 Å². The van der Waals surface area contributed by atoms with Crippen molar-refractivity contribution in [2.24, 2.45) is 11.8 Å². The van der Waals surface area contributed by atoms with Crippen molar-refractivity contribution in [2.45, 2.75) is 45.7 Å². The van der Waals surface area contributed by atoms with Crippen LogP contribution in [0.2, 0.25) is 0 Å². The van der Waals surface area contributed by atoms with E-state index in [2.05, 4.69) is 31.3 Å². The zero-order chi connectivity index (χ0) is 13.2. The van der Waals surface area contributed by atoms with Gasteiger partial charge in [0, 0.05) is 12.6 Å². The van der Waals surface area contributed by atoms with Crippen molar-refractivity contribution in [3.05, 3.63) is 23.8 Å². The van der Waals surface area contributed by atoms with Crippen LogP contribution in [0.1, 0.15) is 38.7 Å². The van der Waals surface area contributed by atoms with E-state index in [9.17, 15) is 0 Å². The van der Waals surface area contributed by atoms with E-state index in [1.54, 1.807) is 0 Å². The van der Waals surface area contributed by atoms with Crippen molar-refractivity contribution < 1.29 is 9.47 Å². The molecule has 1 saturated carbocycles. The lowest BCUT2D eigenvalue weighted by Crippen LogP contribution is -2.40. The molecule has 0 aromatic heterocycles. The van der Waals surface area contributed by atoms with Crippen molar-refractivity contribution in [3.63, 3.8) is 0 Å². The van der Waals surface area contributed by atoms with Gasteiger partial charge in [0.05, 0.1) is 0 Å². The molecule has 0 spiro atoms. The van der Waals surface area contributed by atoms with Crippen molar-refractivity contribution >= 4 is 0 Å². The second kappa shape index (κ2) is 5.41. The van der Waals surface area contributed by atoms with Crippen LogP contribution in [0.3, 0.4) is 0 Å². The molecule has 1 aromatic carbocycles. The molecule has 1 aromatic rings. The Kier molecular flexibility index (Phi) is 3.65. The summed E-state index contributed by atoms with van der Waals surface area (Å²) in [5.41, 5.74) is 1.27. The van der Waals surface area contributed by atoms with Gasteiger partial charge in [-0.1, -0.05) is 32.8 Å². The molecule has 0 amide bonds. The van der Waals surface area contributed by atoms with Crippen LogP contribution in [0.4, 0.5) is 0 Å². The minimum Gasteiger partial charge on any atom is -0.454 e. The fraction of sp³-hybridized carbons (Fsp3) is 0.625. The van der Waals surface area contributed by atoms with Crippen LogP contribution in [0.5, 0.6) is 11.5 Å². The van der Waals surface area contributed by atoms with E-state index in [-0.39, 0.29) is 0 Å². The third-order valence-electron chi connectivity index (χ3n) is 4.71. The van der Waals surface area contributed by atoms with Gasteiger partial charge >= 0.3 is 0 Å². The quantitative estimate of drug-likeness (QED) is 0.905. The molecule has 104 valence electrons. The fourth-order valence-electron chi connectivity index (χ4n) is 3.17. The maximum Gasteiger partial charge on any atom is 0.231 e. The zero-order valence-electron chi connectivity index (χ0n) is 11.8. The second-order valence-corrected chi connectivity index (χ2v) is 5.94. The Balaban J connectivity index is 1.60. The van der Waals surface area contributed by atoms with Gasteiger partial charge in [-0.25, -0.2) is 0 Å². The monoisotopic (exact) mass is 261 g/mol. The molecule has 1 N–H and O–H groups in total. The second-order valence-electron chi connectivity index (χ2n) is 5.94. The number of benzene rings is 1. The SMILES string of the molecule is C[C@@H]1[C@H](C)CCC[C@H]1NCc1ccc2c(c1)OCO2. The van der Waals surface area contributed by atoms with Gasteiger partial charge in [0.2, 0.25) is 6.79 Å². The highest BCUT2D eigenvalue weighted by molar-refractivity contribution is 5.44. The van der Waals surface area contributed by atoms with Crippen LogP contribution in [0, 0.1) is 11.8 Å². The molecule has 3 rings (SSSR count). The van der Waals surface area contributed by atoms with E-state index in [1.807, 2.05) is 6.07 Å². The highest BCUT2D eigenvalue weighted by atomic mass is 16.7. The summed E-state index contributed by atoms with van der Waals surface area (Å²) in [6.45, 7) is 6.02. The molecule has 0 saturated heterocycles. The largest absolute Gasteiger partial charge is 0.454 e. The topological polar surface area (TPSA) is 30.5 Å². The van der Waals surface area contributed by atoms with Gasteiger partial charge in [-0.05, 0) is 36.0 Å². The molecule has 19 heavy (non-hydrogen) atoms. The van der Waals surface area contributed by atoms with Crippen molar-refractivity contribution in [3.8, 4) is 11.5 Å². The standard InChI is InChI=1S/C16H23NO2/c1-11-4-3-5-14(12(11)2)17-9-13-6-7-15-16(8-13)19-10-18-15/h6-8,11-12,14,17H,3-5,9-10H2,1-2H3/t11-,12-,14-/m1/s1. The number of fused-ring (bicyclic) bond motifs is 1. The fourth-order valence-corrected chi connectivity index (χ4v) is 3.17. The molecule has 3 heteroatoms. The normalized spacial score (nSPS) is 29.5. The number of ether oxygens (including phenoxy) is 2. The summed E-state index contributed by atoms with van der Waals surface area (Å²) < 4.78 is 10.8. The maximum atomic E-state index is 5.42. The molecule has 1 aliphatic carbocycles. The Labute approximate surface area is 115 Å². The first-order valence-corrected chi connectivity index (χ1v) is 7.36. The Morgan fingerprint density at radius 1 is 1.16 bits per heavy atom. The van der Waals surface area contributed by atoms with Gasteiger partial charge in [0.1, 0.15) is 0 Å². The third-order valence-corrected chi connectivity index (χ3v) is 4.71. The third kappa shape index (κ3) is 2.71. The average Bonchev–Trinajstić information content (AvgIpc) is 2.88. The lowest BCUT2D eigenvalue weighted by atomic mass is 9.78. The molecule has 2 aliphatic rings. The summed E-state index contributed by atoms with van der Waals surface area (Å²) in [6, 6.07) is 6.87. The molecule has 1 fully saturated rings. The van der Waals surface area contributed by atoms with Crippen LogP contribution in [-0.4, -0.2) is 12.8 Å². The highest BCUT2D eigenvalue weighted by Crippen LogP contribution is 2.33. The van der Waals surface area contributed by atoms with Crippen LogP contribution in [0.15, 0.2) is 18.2 Å². The lowest BCUT2D eigenvalue weighted by Gasteiger charge is -2.34. The molecule has 0 bridgehead atoms. The van der Waals surface area contributed by atoms with Gasteiger partial charge in [-0.15, -0.1) is 0 Å². The summed E-state index contributed by atoms with van der Waals surface area (Å²) in [7, 11) is 0. The lowest BCUT2D eigenvalue weighted by molar-refractivity contribution is 0.174. The van der Waals surface area contributed by atoms with Crippen molar-refractivity contribution in [1.82, 2.24) is 5.32 Å². The summed E-state index contributed by atoms with van der Waals surface area (Å²) in [5.74, 6) is 3.35. The van der Waals surface area contributed by atoms with Crippen LogP contribution < -0.4 is 14.8 Å². The van der Waals surface area contributed by atoms with Gasteiger partial charge in [-0.3, -0.25) is 0 Å². The molecular formula is C16H23NO2. The summed E-state index contributed by atoms with van der Waals surface area (Å²) in [6.07, 6.45) is 4.03. The van der Waals surface area contributed by atoms with E-state index in [0.29, 0.717) is 12.8 Å². The van der Waals surface area contributed by atoms with Crippen molar-refractivity contribution in [1.29, 1.82) is 0 Å². The summed E-state index contributed by atoms with van der Waals surface area (Å²) >= 11 is 0. The first-order valence-electron chi connectivity index (χ1n) is 7.36. The Morgan fingerprint density at radius 2 is 2.00 bits per heavy atom. The maximum absolute atomic E-state index is 5.42. The number of hydrogen-bond acceptors (Lipinski definition) is 3. The van der Waals surface area contributed by atoms with E-state index in [4.69, 9.17) is 9.47 Å². The van der Waals surface area contributed by atoms with Gasteiger partial charge in [0.25, 0.3) is 0 Å². The van der Waals surface area contributed by atoms with Gasteiger partial charge in [-0.2, -0.15) is 0 Å². The van der Waals surface area contributed by atoms with E-state index >= 15 is 0 Å². The number of hydrogen-bond donors (Lipinski definition) is 1. The van der Waals surface area contributed by atoms with Crippen LogP contribution in [0.25, 0.3) is 0 Å². The smallest absolute Gasteiger partial charge is 0.231 e. The van der Waals surface area contributed by atoms with Gasteiger partial charge in [0.15, 0.2) is 11.5 Å². The van der Waals surface area contributed by atoms with E-state index in [0.717, 1.165) is 29.9 Å². The minimum atomic E-state index is 0.351. The first kappa shape index (κ1) is 12.8. The van der Waals surface area contributed by atoms with Crippen LogP contribution >= 0.6 is 0 Å². The average molecular weight is 261 g/mol.